The van der Waals surface area contributed by atoms with Gasteiger partial charge in [0.25, 0.3) is 0 Å². The van der Waals surface area contributed by atoms with Crippen LogP contribution >= 0.6 is 11.6 Å². The maximum atomic E-state index is 6.01. The molecular formula is C16H20ClN3O. The van der Waals surface area contributed by atoms with Crippen LogP contribution in [-0.2, 0) is 0 Å². The van der Waals surface area contributed by atoms with Gasteiger partial charge in [0.15, 0.2) is 5.82 Å². The molecule has 0 aliphatic heterocycles. The second-order valence-corrected chi connectivity index (χ2v) is 5.31. The SMILES string of the molecule is CCCNc1nc(-c2ccc(Cl)cc2OC)nc(C)c1C. The predicted molar refractivity (Wildman–Crippen MR) is 87.3 cm³/mol. The molecule has 21 heavy (non-hydrogen) atoms. The van der Waals surface area contributed by atoms with Gasteiger partial charge in [0.2, 0.25) is 0 Å². The molecule has 5 heteroatoms. The largest absolute Gasteiger partial charge is 0.496 e. The topological polar surface area (TPSA) is 47.0 Å². The standard InChI is InChI=1S/C16H20ClN3O/c1-5-8-18-15-10(2)11(3)19-16(20-15)13-7-6-12(17)9-14(13)21-4/h6-7,9H,5,8H2,1-4H3,(H,18,19,20). The van der Waals surface area contributed by atoms with Crippen LogP contribution in [0, 0.1) is 13.8 Å². The highest BCUT2D eigenvalue weighted by Crippen LogP contribution is 2.31. The average molecular weight is 306 g/mol. The molecule has 1 heterocycles. The van der Waals surface area contributed by atoms with Gasteiger partial charge in [-0.15, -0.1) is 0 Å². The normalized spacial score (nSPS) is 10.5. The summed E-state index contributed by atoms with van der Waals surface area (Å²) in [6, 6.07) is 5.47. The van der Waals surface area contributed by atoms with Gasteiger partial charge in [-0.2, -0.15) is 0 Å². The van der Waals surface area contributed by atoms with E-state index in [1.165, 1.54) is 0 Å². The van der Waals surface area contributed by atoms with Crippen LogP contribution in [0.5, 0.6) is 5.75 Å². The molecule has 112 valence electrons. The molecular weight excluding hydrogens is 286 g/mol. The molecule has 0 spiro atoms. The Balaban J connectivity index is 2.51. The van der Waals surface area contributed by atoms with E-state index in [0.717, 1.165) is 35.6 Å². The van der Waals surface area contributed by atoms with Crippen LogP contribution in [0.2, 0.25) is 5.02 Å². The number of rotatable bonds is 5. The number of hydrogen-bond acceptors (Lipinski definition) is 4. The van der Waals surface area contributed by atoms with Crippen LogP contribution in [0.15, 0.2) is 18.2 Å². The lowest BCUT2D eigenvalue weighted by Crippen LogP contribution is -2.07. The second-order valence-electron chi connectivity index (χ2n) is 4.88. The van der Waals surface area contributed by atoms with Gasteiger partial charge in [0, 0.05) is 22.8 Å². The van der Waals surface area contributed by atoms with Crippen molar-refractivity contribution in [2.75, 3.05) is 19.0 Å². The number of methoxy groups -OCH3 is 1. The lowest BCUT2D eigenvalue weighted by molar-refractivity contribution is 0.416. The van der Waals surface area contributed by atoms with Crippen molar-refractivity contribution in [1.29, 1.82) is 0 Å². The van der Waals surface area contributed by atoms with E-state index in [9.17, 15) is 0 Å². The molecule has 1 aromatic carbocycles. The number of aryl methyl sites for hydroxylation is 1. The number of ether oxygens (including phenoxy) is 1. The van der Waals surface area contributed by atoms with Gasteiger partial charge in [0.1, 0.15) is 11.6 Å². The Morgan fingerprint density at radius 1 is 1.24 bits per heavy atom. The molecule has 1 N–H and O–H groups in total. The predicted octanol–water partition coefficient (Wildman–Crippen LogP) is 4.24. The number of hydrogen-bond donors (Lipinski definition) is 1. The van der Waals surface area contributed by atoms with Crippen LogP contribution in [-0.4, -0.2) is 23.6 Å². The Morgan fingerprint density at radius 2 is 2.00 bits per heavy atom. The first-order valence-corrected chi connectivity index (χ1v) is 7.37. The fraction of sp³-hybridized carbons (Fsp3) is 0.375. The highest BCUT2D eigenvalue weighted by atomic mass is 35.5. The molecule has 0 saturated heterocycles. The van der Waals surface area contributed by atoms with Gasteiger partial charge in [-0.3, -0.25) is 0 Å². The summed E-state index contributed by atoms with van der Waals surface area (Å²) >= 11 is 6.01. The van der Waals surface area contributed by atoms with Crippen molar-refractivity contribution >= 4 is 17.4 Å². The molecule has 0 aliphatic rings. The molecule has 1 aromatic heterocycles. The number of anilines is 1. The Kier molecular flexibility index (Phi) is 5.02. The quantitative estimate of drug-likeness (QED) is 0.897. The molecule has 0 bridgehead atoms. The first kappa shape index (κ1) is 15.6. The summed E-state index contributed by atoms with van der Waals surface area (Å²) in [6.45, 7) is 7.02. The number of aromatic nitrogens is 2. The van der Waals surface area contributed by atoms with E-state index in [2.05, 4.69) is 22.2 Å². The van der Waals surface area contributed by atoms with Gasteiger partial charge < -0.3 is 10.1 Å². The van der Waals surface area contributed by atoms with E-state index in [4.69, 9.17) is 16.3 Å². The third-order valence-corrected chi connectivity index (χ3v) is 3.57. The fourth-order valence-corrected chi connectivity index (χ4v) is 2.18. The first-order valence-electron chi connectivity index (χ1n) is 6.99. The summed E-state index contributed by atoms with van der Waals surface area (Å²) < 4.78 is 5.39. The Hall–Kier alpha value is -1.81. The van der Waals surface area contributed by atoms with E-state index in [-0.39, 0.29) is 0 Å². The molecule has 0 radical (unpaired) electrons. The third kappa shape index (κ3) is 3.45. The van der Waals surface area contributed by atoms with Crippen molar-refractivity contribution in [3.05, 3.63) is 34.5 Å². The van der Waals surface area contributed by atoms with Gasteiger partial charge in [-0.25, -0.2) is 9.97 Å². The number of benzene rings is 1. The van der Waals surface area contributed by atoms with E-state index in [1.807, 2.05) is 26.0 Å². The van der Waals surface area contributed by atoms with Crippen LogP contribution in [0.4, 0.5) is 5.82 Å². The smallest absolute Gasteiger partial charge is 0.165 e. The second kappa shape index (κ2) is 6.76. The summed E-state index contributed by atoms with van der Waals surface area (Å²) in [6.07, 6.45) is 1.04. The molecule has 0 amide bonds. The maximum absolute atomic E-state index is 6.01. The minimum Gasteiger partial charge on any atom is -0.496 e. The van der Waals surface area contributed by atoms with E-state index in [0.29, 0.717) is 16.6 Å². The average Bonchev–Trinajstić information content (AvgIpc) is 2.48. The zero-order chi connectivity index (χ0) is 15.4. The summed E-state index contributed by atoms with van der Waals surface area (Å²) in [7, 11) is 1.62. The number of nitrogens with one attached hydrogen (secondary N) is 1. The Labute approximate surface area is 130 Å². The Bertz CT molecular complexity index is 644. The minimum absolute atomic E-state index is 0.628. The summed E-state index contributed by atoms with van der Waals surface area (Å²) in [5.74, 6) is 2.19. The van der Waals surface area contributed by atoms with Crippen LogP contribution in [0.25, 0.3) is 11.4 Å². The van der Waals surface area contributed by atoms with Gasteiger partial charge in [-0.05, 0) is 38.5 Å². The van der Waals surface area contributed by atoms with Gasteiger partial charge in [-0.1, -0.05) is 18.5 Å². The van der Waals surface area contributed by atoms with Crippen LogP contribution in [0.3, 0.4) is 0 Å². The van der Waals surface area contributed by atoms with Crippen molar-refractivity contribution in [2.24, 2.45) is 0 Å². The fourth-order valence-electron chi connectivity index (χ4n) is 2.01. The molecule has 0 aliphatic carbocycles. The van der Waals surface area contributed by atoms with Gasteiger partial charge in [0.05, 0.1) is 12.7 Å². The number of halogens is 1. The van der Waals surface area contributed by atoms with Crippen molar-refractivity contribution in [2.45, 2.75) is 27.2 Å². The maximum Gasteiger partial charge on any atom is 0.165 e. The lowest BCUT2D eigenvalue weighted by Gasteiger charge is -2.13. The molecule has 0 atom stereocenters. The van der Waals surface area contributed by atoms with Crippen molar-refractivity contribution in [3.63, 3.8) is 0 Å². The summed E-state index contributed by atoms with van der Waals surface area (Å²) in [4.78, 5) is 9.21. The molecule has 2 rings (SSSR count). The Morgan fingerprint density at radius 3 is 2.67 bits per heavy atom. The van der Waals surface area contributed by atoms with E-state index >= 15 is 0 Å². The summed E-state index contributed by atoms with van der Waals surface area (Å²) in [5, 5.41) is 3.97. The highest BCUT2D eigenvalue weighted by Gasteiger charge is 2.13. The molecule has 0 unspecified atom stereocenters. The van der Waals surface area contributed by atoms with Gasteiger partial charge >= 0.3 is 0 Å². The molecule has 0 fully saturated rings. The molecule has 2 aromatic rings. The van der Waals surface area contributed by atoms with Crippen molar-refractivity contribution in [1.82, 2.24) is 9.97 Å². The third-order valence-electron chi connectivity index (χ3n) is 3.34. The molecule has 4 nitrogen and oxygen atoms in total. The van der Waals surface area contributed by atoms with Crippen molar-refractivity contribution < 1.29 is 4.74 Å². The monoisotopic (exact) mass is 305 g/mol. The zero-order valence-corrected chi connectivity index (χ0v) is 13.6. The van der Waals surface area contributed by atoms with E-state index in [1.54, 1.807) is 13.2 Å². The zero-order valence-electron chi connectivity index (χ0n) is 12.8. The highest BCUT2D eigenvalue weighted by molar-refractivity contribution is 6.30. The van der Waals surface area contributed by atoms with Crippen LogP contribution < -0.4 is 10.1 Å². The summed E-state index contributed by atoms with van der Waals surface area (Å²) in [5.41, 5.74) is 2.86. The lowest BCUT2D eigenvalue weighted by atomic mass is 10.1. The van der Waals surface area contributed by atoms with Crippen LogP contribution in [0.1, 0.15) is 24.6 Å². The van der Waals surface area contributed by atoms with Crippen molar-refractivity contribution in [3.8, 4) is 17.1 Å². The minimum atomic E-state index is 0.628. The molecule has 0 saturated carbocycles. The number of nitrogens with zero attached hydrogens (tertiary/aromatic N) is 2. The first-order chi connectivity index (χ1) is 10.1. The van der Waals surface area contributed by atoms with E-state index < -0.39 is 0 Å².